The van der Waals surface area contributed by atoms with Crippen LogP contribution in [0, 0.1) is 0 Å². The number of benzene rings is 6. The molecule has 0 saturated carbocycles. The molecule has 3 aliphatic rings. The molecule has 3 aliphatic carbocycles. The molecule has 1 atom stereocenters. The molecule has 264 valence electrons. The van der Waals surface area contributed by atoms with Gasteiger partial charge in [-0.15, -0.1) is 0 Å². The summed E-state index contributed by atoms with van der Waals surface area (Å²) in [5.74, 6) is 1.11. The molecular weight excluding hydrogens is 671 g/mol. The van der Waals surface area contributed by atoms with Gasteiger partial charge in [0.05, 0.1) is 6.54 Å². The highest BCUT2D eigenvalue weighted by atomic mass is 16.3. The predicted octanol–water partition coefficient (Wildman–Crippen LogP) is 12.9. The monoisotopic (exact) mass is 709 g/mol. The van der Waals surface area contributed by atoms with Gasteiger partial charge in [0, 0.05) is 27.3 Å². The molecule has 6 aromatic carbocycles. The van der Waals surface area contributed by atoms with E-state index in [2.05, 4.69) is 158 Å². The first kappa shape index (κ1) is 33.0. The SMILES string of the molecule is C=NC(=NC(=NCC1=CCCC=C1)c1ccc(-c2ccccc2)cc1)c1cccc2oc3ccc(-c4ccc5c6c(cccc46)C4(C)CC=CC=C54)cc3c12. The molecule has 1 heterocycles. The van der Waals surface area contributed by atoms with Crippen molar-refractivity contribution in [3.8, 4) is 22.3 Å². The molecular formula is C51H39N3O. The van der Waals surface area contributed by atoms with Gasteiger partial charge in [-0.3, -0.25) is 4.99 Å². The van der Waals surface area contributed by atoms with Crippen LogP contribution in [0.1, 0.15) is 48.4 Å². The Morgan fingerprint density at radius 3 is 2.36 bits per heavy atom. The summed E-state index contributed by atoms with van der Waals surface area (Å²) < 4.78 is 6.49. The second-order valence-electron chi connectivity index (χ2n) is 14.9. The topological polar surface area (TPSA) is 50.2 Å². The normalized spacial score (nSPS) is 17.8. The van der Waals surface area contributed by atoms with E-state index in [1.165, 1.54) is 44.2 Å². The number of hydrogen-bond acceptors (Lipinski definition) is 2. The number of fused-ring (bicyclic) bond motifs is 6. The van der Waals surface area contributed by atoms with Crippen molar-refractivity contribution >= 4 is 56.7 Å². The number of nitrogens with zero attached hydrogens (tertiary/aromatic N) is 3. The molecule has 0 spiro atoms. The highest BCUT2D eigenvalue weighted by Crippen LogP contribution is 2.54. The first-order valence-electron chi connectivity index (χ1n) is 19.1. The van der Waals surface area contributed by atoms with Crippen molar-refractivity contribution in [1.29, 1.82) is 0 Å². The van der Waals surface area contributed by atoms with Gasteiger partial charge in [0.15, 0.2) is 11.7 Å². The number of amidine groups is 2. The van der Waals surface area contributed by atoms with E-state index in [1.54, 1.807) is 0 Å². The second kappa shape index (κ2) is 13.3. The largest absolute Gasteiger partial charge is 0.456 e. The molecule has 4 nitrogen and oxygen atoms in total. The van der Waals surface area contributed by atoms with E-state index in [-0.39, 0.29) is 5.41 Å². The highest BCUT2D eigenvalue weighted by molar-refractivity contribution is 6.22. The Kier molecular flexibility index (Phi) is 7.99. The maximum absolute atomic E-state index is 6.49. The lowest BCUT2D eigenvalue weighted by molar-refractivity contribution is 0.637. The van der Waals surface area contributed by atoms with Crippen molar-refractivity contribution in [3.63, 3.8) is 0 Å². The van der Waals surface area contributed by atoms with Crippen LogP contribution in [0.2, 0.25) is 0 Å². The maximum atomic E-state index is 6.49. The third-order valence-electron chi connectivity index (χ3n) is 11.6. The number of rotatable bonds is 6. The van der Waals surface area contributed by atoms with E-state index in [0.29, 0.717) is 18.2 Å². The number of furan rings is 1. The van der Waals surface area contributed by atoms with Crippen LogP contribution in [-0.4, -0.2) is 24.9 Å². The number of aliphatic imine (C=N–C) groups is 3. The second-order valence-corrected chi connectivity index (χ2v) is 14.9. The smallest absolute Gasteiger partial charge is 0.161 e. The molecule has 55 heavy (non-hydrogen) atoms. The van der Waals surface area contributed by atoms with E-state index >= 15 is 0 Å². The standard InChI is InChI=1S/C51H39N3O/c1-51-30-10-9-19-43(51)40-28-27-38(39-17-11-20-44(51)47(39)40)37-26-29-45-42(31-37)48-41(18-12-21-46(48)55-45)50(52-2)54-49(53-32-33-13-5-3-6-14-33)36-24-22-35(23-25-36)34-15-7-4-8-16-34/h4-5,7-29,31H,2-3,6,30,32H2,1H3. The average Bonchev–Trinajstić information content (AvgIpc) is 3.75. The quantitative estimate of drug-likeness (QED) is 0.125. The van der Waals surface area contributed by atoms with Gasteiger partial charge < -0.3 is 4.42 Å². The molecule has 1 aromatic heterocycles. The van der Waals surface area contributed by atoms with E-state index in [1.807, 2.05) is 18.2 Å². The fourth-order valence-electron chi connectivity index (χ4n) is 8.79. The van der Waals surface area contributed by atoms with Crippen molar-refractivity contribution in [2.75, 3.05) is 6.54 Å². The van der Waals surface area contributed by atoms with Crippen LogP contribution in [0.25, 0.3) is 60.5 Å². The van der Waals surface area contributed by atoms with Crippen LogP contribution in [0.5, 0.6) is 0 Å². The van der Waals surface area contributed by atoms with Gasteiger partial charge in [-0.25, -0.2) is 9.98 Å². The zero-order valence-electron chi connectivity index (χ0n) is 30.8. The number of hydrogen-bond donors (Lipinski definition) is 0. The molecule has 0 bridgehead atoms. The van der Waals surface area contributed by atoms with Gasteiger partial charge in [-0.2, -0.15) is 0 Å². The molecule has 10 rings (SSSR count). The van der Waals surface area contributed by atoms with E-state index in [9.17, 15) is 0 Å². The molecule has 1 unspecified atom stereocenters. The third-order valence-corrected chi connectivity index (χ3v) is 11.6. The minimum atomic E-state index is -0.00159. The van der Waals surface area contributed by atoms with Crippen molar-refractivity contribution in [2.45, 2.75) is 31.6 Å². The maximum Gasteiger partial charge on any atom is 0.161 e. The zero-order valence-corrected chi connectivity index (χ0v) is 30.8. The molecule has 0 amide bonds. The molecule has 0 radical (unpaired) electrons. The molecule has 0 aliphatic heterocycles. The summed E-state index contributed by atoms with van der Waals surface area (Å²) in [5.41, 5.74) is 13.4. The Morgan fingerprint density at radius 2 is 1.53 bits per heavy atom. The average molecular weight is 710 g/mol. The lowest BCUT2D eigenvalue weighted by Gasteiger charge is -2.29. The Balaban J connectivity index is 1.10. The summed E-state index contributed by atoms with van der Waals surface area (Å²) in [6.07, 6.45) is 16.5. The van der Waals surface area contributed by atoms with Gasteiger partial charge in [0.1, 0.15) is 11.2 Å². The highest BCUT2D eigenvalue weighted by Gasteiger charge is 2.40. The lowest BCUT2D eigenvalue weighted by atomic mass is 9.74. The van der Waals surface area contributed by atoms with E-state index < -0.39 is 0 Å². The summed E-state index contributed by atoms with van der Waals surface area (Å²) in [5, 5.41) is 4.61. The zero-order chi connectivity index (χ0) is 36.9. The molecule has 0 N–H and O–H groups in total. The summed E-state index contributed by atoms with van der Waals surface area (Å²) in [6, 6.07) is 42.9. The van der Waals surface area contributed by atoms with Crippen molar-refractivity contribution in [3.05, 3.63) is 186 Å². The fourth-order valence-corrected chi connectivity index (χ4v) is 8.79. The lowest BCUT2D eigenvalue weighted by Crippen LogP contribution is -2.20. The summed E-state index contributed by atoms with van der Waals surface area (Å²) in [7, 11) is 0. The third kappa shape index (κ3) is 5.56. The fraction of sp³-hybridized carbons (Fsp3) is 0.118. The predicted molar refractivity (Wildman–Crippen MR) is 232 cm³/mol. The Labute approximate surface area is 321 Å². The molecule has 7 aromatic rings. The first-order chi connectivity index (χ1) is 27.1. The van der Waals surface area contributed by atoms with Gasteiger partial charge >= 0.3 is 0 Å². The van der Waals surface area contributed by atoms with Gasteiger partial charge in [0.25, 0.3) is 0 Å². The van der Waals surface area contributed by atoms with Gasteiger partial charge in [0.2, 0.25) is 0 Å². The summed E-state index contributed by atoms with van der Waals surface area (Å²) >= 11 is 0. The number of allylic oxidation sites excluding steroid dienone is 6. The van der Waals surface area contributed by atoms with Crippen molar-refractivity contribution in [1.82, 2.24) is 0 Å². The Bertz CT molecular complexity index is 2880. The van der Waals surface area contributed by atoms with Crippen LogP contribution in [-0.2, 0) is 5.41 Å². The summed E-state index contributed by atoms with van der Waals surface area (Å²) in [6.45, 7) is 6.93. The van der Waals surface area contributed by atoms with E-state index in [0.717, 1.165) is 63.5 Å². The van der Waals surface area contributed by atoms with Crippen LogP contribution in [0.15, 0.2) is 183 Å². The van der Waals surface area contributed by atoms with Crippen molar-refractivity contribution < 1.29 is 4.42 Å². The van der Waals surface area contributed by atoms with Crippen LogP contribution in [0.4, 0.5) is 0 Å². The minimum absolute atomic E-state index is 0.00159. The Hall–Kier alpha value is -6.65. The van der Waals surface area contributed by atoms with E-state index in [4.69, 9.17) is 14.4 Å². The van der Waals surface area contributed by atoms with Crippen LogP contribution < -0.4 is 0 Å². The Morgan fingerprint density at radius 1 is 0.709 bits per heavy atom. The summed E-state index contributed by atoms with van der Waals surface area (Å²) in [4.78, 5) is 14.8. The van der Waals surface area contributed by atoms with Crippen molar-refractivity contribution in [2.24, 2.45) is 15.0 Å². The molecule has 0 saturated heterocycles. The first-order valence-corrected chi connectivity index (χ1v) is 19.1. The van der Waals surface area contributed by atoms with Gasteiger partial charge in [-0.1, -0.05) is 147 Å². The molecule has 4 heteroatoms. The van der Waals surface area contributed by atoms with Crippen LogP contribution >= 0.6 is 0 Å². The van der Waals surface area contributed by atoms with Gasteiger partial charge in [-0.05, 0) is 99.5 Å². The molecule has 0 fully saturated rings. The van der Waals surface area contributed by atoms with Crippen LogP contribution in [0.3, 0.4) is 0 Å². The minimum Gasteiger partial charge on any atom is -0.456 e.